The zero-order chi connectivity index (χ0) is 15.5. The van der Waals surface area contributed by atoms with Gasteiger partial charge in [-0.3, -0.25) is 0 Å². The van der Waals surface area contributed by atoms with Gasteiger partial charge < -0.3 is 15.1 Å². The third kappa shape index (κ3) is 3.68. The van der Waals surface area contributed by atoms with Crippen molar-refractivity contribution < 1.29 is 0 Å². The molecule has 0 aromatic carbocycles. The number of nitrogens with zero attached hydrogens (tertiary/aromatic N) is 3. The molecule has 0 spiro atoms. The predicted octanol–water partition coefficient (Wildman–Crippen LogP) is 2.77. The topological polar surface area (TPSA) is 31.4 Å². The molecule has 1 saturated carbocycles. The molecule has 5 heteroatoms. The van der Waals surface area contributed by atoms with E-state index in [0.717, 1.165) is 36.2 Å². The van der Waals surface area contributed by atoms with E-state index < -0.39 is 0 Å². The minimum Gasteiger partial charge on any atom is -0.358 e. The van der Waals surface area contributed by atoms with Crippen molar-refractivity contribution in [3.63, 3.8) is 0 Å². The minimum atomic E-state index is 0.303. The number of aromatic nitrogens is 1. The second-order valence-corrected chi connectivity index (χ2v) is 6.61. The lowest BCUT2D eigenvalue weighted by atomic mass is 9.75. The Hall–Kier alpha value is -0.840. The maximum atomic E-state index is 6.23. The second-order valence-electron chi connectivity index (χ2n) is 6.21. The van der Waals surface area contributed by atoms with Crippen LogP contribution in [0.15, 0.2) is 12.1 Å². The van der Waals surface area contributed by atoms with Crippen LogP contribution in [0.3, 0.4) is 0 Å². The van der Waals surface area contributed by atoms with Crippen molar-refractivity contribution in [3.8, 4) is 0 Å². The molecule has 1 fully saturated rings. The van der Waals surface area contributed by atoms with Crippen molar-refractivity contribution in [2.24, 2.45) is 0 Å². The normalized spacial score (nSPS) is 16.9. The van der Waals surface area contributed by atoms with Crippen LogP contribution in [0.2, 0.25) is 5.02 Å². The molecule has 0 radical (unpaired) electrons. The highest BCUT2D eigenvalue weighted by Crippen LogP contribution is 2.37. The molecular weight excluding hydrogens is 284 g/mol. The molecule has 1 heterocycles. The van der Waals surface area contributed by atoms with Crippen LogP contribution in [0.1, 0.15) is 31.9 Å². The van der Waals surface area contributed by atoms with E-state index in [1.54, 1.807) is 0 Å². The lowest BCUT2D eigenvalue weighted by Crippen LogP contribution is -2.56. The van der Waals surface area contributed by atoms with E-state index in [0.29, 0.717) is 5.54 Å². The molecule has 0 atom stereocenters. The van der Waals surface area contributed by atoms with Crippen LogP contribution in [-0.4, -0.2) is 49.7 Å². The summed E-state index contributed by atoms with van der Waals surface area (Å²) in [6.07, 6.45) is 3.86. The highest BCUT2D eigenvalue weighted by atomic mass is 35.5. The summed E-state index contributed by atoms with van der Waals surface area (Å²) in [6.45, 7) is 4.73. The summed E-state index contributed by atoms with van der Waals surface area (Å²) in [5, 5.41) is 4.02. The van der Waals surface area contributed by atoms with Crippen LogP contribution in [0, 0.1) is 0 Å². The first-order valence-electron chi connectivity index (χ1n) is 7.73. The van der Waals surface area contributed by atoms with Gasteiger partial charge in [0, 0.05) is 25.7 Å². The van der Waals surface area contributed by atoms with E-state index in [1.165, 1.54) is 19.3 Å². The Balaban J connectivity index is 2.10. The van der Waals surface area contributed by atoms with Crippen LogP contribution in [-0.2, 0) is 6.54 Å². The fourth-order valence-corrected chi connectivity index (χ4v) is 3.08. The third-order valence-electron chi connectivity index (χ3n) is 4.60. The highest BCUT2D eigenvalue weighted by Gasteiger charge is 2.40. The average molecular weight is 311 g/mol. The molecule has 1 aliphatic carbocycles. The number of hydrogen-bond donors (Lipinski definition) is 1. The Morgan fingerprint density at radius 3 is 2.52 bits per heavy atom. The molecule has 1 aromatic rings. The van der Waals surface area contributed by atoms with Gasteiger partial charge in [0.1, 0.15) is 5.82 Å². The number of pyridine rings is 1. The van der Waals surface area contributed by atoms with Crippen molar-refractivity contribution in [1.29, 1.82) is 0 Å². The first-order valence-corrected chi connectivity index (χ1v) is 8.11. The van der Waals surface area contributed by atoms with Crippen molar-refractivity contribution in [1.82, 2.24) is 15.2 Å². The lowest BCUT2D eigenvalue weighted by molar-refractivity contribution is 0.0682. The fraction of sp³-hybridized carbons (Fsp3) is 0.688. The number of anilines is 1. The van der Waals surface area contributed by atoms with Gasteiger partial charge in [0.15, 0.2) is 0 Å². The Morgan fingerprint density at radius 2 is 2.00 bits per heavy atom. The molecule has 4 nitrogen and oxygen atoms in total. The largest absolute Gasteiger partial charge is 0.358 e. The van der Waals surface area contributed by atoms with Gasteiger partial charge in [-0.05, 0) is 52.0 Å². The van der Waals surface area contributed by atoms with Gasteiger partial charge in [-0.25, -0.2) is 4.98 Å². The Bertz CT molecular complexity index is 471. The van der Waals surface area contributed by atoms with E-state index in [9.17, 15) is 0 Å². The summed E-state index contributed by atoms with van der Waals surface area (Å²) in [7, 11) is 6.48. The molecule has 0 amide bonds. The van der Waals surface area contributed by atoms with E-state index >= 15 is 0 Å². The van der Waals surface area contributed by atoms with Gasteiger partial charge in [-0.1, -0.05) is 18.5 Å². The van der Waals surface area contributed by atoms with E-state index in [4.69, 9.17) is 16.6 Å². The molecule has 0 saturated heterocycles. The summed E-state index contributed by atoms with van der Waals surface area (Å²) < 4.78 is 0. The first kappa shape index (κ1) is 16.5. The first-order chi connectivity index (χ1) is 9.98. The van der Waals surface area contributed by atoms with Crippen molar-refractivity contribution in [2.75, 3.05) is 39.1 Å². The summed E-state index contributed by atoms with van der Waals surface area (Å²) in [5.41, 5.74) is 1.23. The summed E-state index contributed by atoms with van der Waals surface area (Å²) in [6, 6.07) is 3.97. The van der Waals surface area contributed by atoms with E-state index in [2.05, 4.69) is 43.2 Å². The predicted molar refractivity (Wildman–Crippen MR) is 90.2 cm³/mol. The number of likely N-dealkylation sites (N-methyl/N-ethyl adjacent to an activating group) is 2. The molecule has 1 aliphatic rings. The van der Waals surface area contributed by atoms with Crippen LogP contribution >= 0.6 is 11.6 Å². The highest BCUT2D eigenvalue weighted by molar-refractivity contribution is 6.31. The van der Waals surface area contributed by atoms with Crippen LogP contribution in [0.5, 0.6) is 0 Å². The average Bonchev–Trinajstić information content (AvgIpc) is 2.41. The molecule has 1 aromatic heterocycles. The van der Waals surface area contributed by atoms with Crippen LogP contribution < -0.4 is 10.2 Å². The van der Waals surface area contributed by atoms with Crippen molar-refractivity contribution in [3.05, 3.63) is 22.8 Å². The molecule has 2 rings (SSSR count). The number of rotatable bonds is 7. The lowest BCUT2D eigenvalue weighted by Gasteiger charge is -2.49. The van der Waals surface area contributed by atoms with Crippen LogP contribution in [0.4, 0.5) is 5.82 Å². The van der Waals surface area contributed by atoms with Crippen molar-refractivity contribution >= 4 is 17.4 Å². The number of halogens is 1. The maximum Gasteiger partial charge on any atom is 0.128 e. The zero-order valence-electron chi connectivity index (χ0n) is 13.6. The molecular formula is C16H27ClN4. The van der Waals surface area contributed by atoms with Gasteiger partial charge in [0.2, 0.25) is 0 Å². The van der Waals surface area contributed by atoms with Gasteiger partial charge in [-0.15, -0.1) is 0 Å². The minimum absolute atomic E-state index is 0.303. The zero-order valence-corrected chi connectivity index (χ0v) is 14.4. The standard InChI is InChI=1S/C16H27ClN4/c1-5-18-11-14-13(17)7-8-15(19-14)21(4)12-16(20(2)3)9-6-10-16/h7-8,18H,5-6,9-12H2,1-4H3. The maximum absolute atomic E-state index is 6.23. The smallest absolute Gasteiger partial charge is 0.128 e. The van der Waals surface area contributed by atoms with E-state index in [1.807, 2.05) is 12.1 Å². The third-order valence-corrected chi connectivity index (χ3v) is 4.95. The fourth-order valence-electron chi connectivity index (χ4n) is 2.91. The van der Waals surface area contributed by atoms with Crippen molar-refractivity contribution in [2.45, 2.75) is 38.3 Å². The molecule has 1 N–H and O–H groups in total. The summed E-state index contributed by atoms with van der Waals surface area (Å²) >= 11 is 6.23. The van der Waals surface area contributed by atoms with Gasteiger partial charge in [0.25, 0.3) is 0 Å². The number of hydrogen-bond acceptors (Lipinski definition) is 4. The van der Waals surface area contributed by atoms with Crippen LogP contribution in [0.25, 0.3) is 0 Å². The van der Waals surface area contributed by atoms with E-state index in [-0.39, 0.29) is 0 Å². The summed E-state index contributed by atoms with van der Waals surface area (Å²) in [5.74, 6) is 1.00. The molecule has 0 bridgehead atoms. The quantitative estimate of drug-likeness (QED) is 0.839. The number of nitrogens with one attached hydrogen (secondary N) is 1. The molecule has 118 valence electrons. The summed E-state index contributed by atoms with van der Waals surface area (Å²) in [4.78, 5) is 9.34. The second kappa shape index (κ2) is 6.95. The molecule has 0 aliphatic heterocycles. The SMILES string of the molecule is CCNCc1nc(N(C)CC2(N(C)C)CCC2)ccc1Cl. The Labute approximate surface area is 133 Å². The van der Waals surface area contributed by atoms with Gasteiger partial charge in [-0.2, -0.15) is 0 Å². The Morgan fingerprint density at radius 1 is 1.29 bits per heavy atom. The Kier molecular flexibility index (Phi) is 5.47. The molecule has 21 heavy (non-hydrogen) atoms. The molecule has 0 unspecified atom stereocenters. The monoisotopic (exact) mass is 310 g/mol. The van der Waals surface area contributed by atoms with Gasteiger partial charge >= 0.3 is 0 Å². The van der Waals surface area contributed by atoms with Gasteiger partial charge in [0.05, 0.1) is 10.7 Å².